The van der Waals surface area contributed by atoms with Gasteiger partial charge >= 0.3 is 0 Å². The van der Waals surface area contributed by atoms with Crippen LogP contribution in [0.3, 0.4) is 0 Å². The van der Waals surface area contributed by atoms with Crippen molar-refractivity contribution >= 4 is 11.6 Å². The Bertz CT molecular complexity index is 320. The van der Waals surface area contributed by atoms with Crippen molar-refractivity contribution in [2.45, 2.75) is 32.2 Å². The van der Waals surface area contributed by atoms with E-state index in [1.807, 2.05) is 6.07 Å². The Hall–Kier alpha value is -0.640. The third kappa shape index (κ3) is 5.02. The van der Waals surface area contributed by atoms with E-state index < -0.39 is 0 Å². The number of halogens is 1. The highest BCUT2D eigenvalue weighted by molar-refractivity contribution is 6.31. The van der Waals surface area contributed by atoms with Crippen molar-refractivity contribution < 1.29 is 4.74 Å². The van der Waals surface area contributed by atoms with Crippen LogP contribution >= 0.6 is 11.6 Å². The minimum atomic E-state index is 0.292. The maximum atomic E-state index is 6.18. The molecule has 4 heteroatoms. The van der Waals surface area contributed by atoms with Crippen molar-refractivity contribution in [1.82, 2.24) is 10.3 Å². The van der Waals surface area contributed by atoms with Gasteiger partial charge in [0.15, 0.2) is 0 Å². The molecule has 0 bridgehead atoms. The Morgan fingerprint density at radius 3 is 3.00 bits per heavy atom. The summed E-state index contributed by atoms with van der Waals surface area (Å²) in [5.74, 6) is 0. The fraction of sp³-hybridized carbons (Fsp3) is 0.615. The zero-order valence-corrected chi connectivity index (χ0v) is 11.3. The summed E-state index contributed by atoms with van der Waals surface area (Å²) in [7, 11) is 1.73. The molecule has 1 atom stereocenters. The standard InChI is InChI=1S/C13H21ClN2O/c1-3-7-16-13(5-4-9-17-2)11-6-8-15-10-12(11)14/h6,8,10,13,16H,3-5,7,9H2,1-2H3. The monoisotopic (exact) mass is 256 g/mol. The number of ether oxygens (including phenoxy) is 1. The van der Waals surface area contributed by atoms with Crippen LogP contribution in [-0.2, 0) is 4.74 Å². The molecule has 0 aromatic carbocycles. The third-order valence-corrected chi connectivity index (χ3v) is 2.98. The lowest BCUT2D eigenvalue weighted by atomic mass is 10.0. The van der Waals surface area contributed by atoms with E-state index >= 15 is 0 Å². The van der Waals surface area contributed by atoms with Gasteiger partial charge in [-0.2, -0.15) is 0 Å². The SMILES string of the molecule is CCCNC(CCCOC)c1ccncc1Cl. The molecule has 0 radical (unpaired) electrons. The van der Waals surface area contributed by atoms with Crippen molar-refractivity contribution in [1.29, 1.82) is 0 Å². The molecule has 0 amide bonds. The van der Waals surface area contributed by atoms with Gasteiger partial charge in [0.05, 0.1) is 5.02 Å². The van der Waals surface area contributed by atoms with Crippen LogP contribution in [0, 0.1) is 0 Å². The minimum Gasteiger partial charge on any atom is -0.385 e. The van der Waals surface area contributed by atoms with Crippen LogP contribution in [0.5, 0.6) is 0 Å². The molecule has 0 aliphatic heterocycles. The highest BCUT2D eigenvalue weighted by atomic mass is 35.5. The van der Waals surface area contributed by atoms with E-state index in [-0.39, 0.29) is 0 Å². The molecule has 0 saturated carbocycles. The van der Waals surface area contributed by atoms with Gasteiger partial charge in [-0.05, 0) is 37.4 Å². The molecule has 0 fully saturated rings. The van der Waals surface area contributed by atoms with Gasteiger partial charge in [0.25, 0.3) is 0 Å². The molecule has 96 valence electrons. The first kappa shape index (κ1) is 14.4. The summed E-state index contributed by atoms with van der Waals surface area (Å²) in [6.07, 6.45) is 6.66. The summed E-state index contributed by atoms with van der Waals surface area (Å²) in [6.45, 7) is 3.94. The average Bonchev–Trinajstić information content (AvgIpc) is 2.35. The predicted molar refractivity (Wildman–Crippen MR) is 71.4 cm³/mol. The smallest absolute Gasteiger partial charge is 0.0637 e. The average molecular weight is 257 g/mol. The van der Waals surface area contributed by atoms with Gasteiger partial charge in [0, 0.05) is 32.2 Å². The van der Waals surface area contributed by atoms with Crippen molar-refractivity contribution in [2.75, 3.05) is 20.3 Å². The zero-order chi connectivity index (χ0) is 12.5. The maximum absolute atomic E-state index is 6.18. The van der Waals surface area contributed by atoms with Gasteiger partial charge in [0.2, 0.25) is 0 Å². The zero-order valence-electron chi connectivity index (χ0n) is 10.6. The number of rotatable bonds is 8. The van der Waals surface area contributed by atoms with E-state index in [0.717, 1.165) is 43.0 Å². The first-order chi connectivity index (χ1) is 8.29. The van der Waals surface area contributed by atoms with Crippen molar-refractivity contribution in [3.05, 3.63) is 29.0 Å². The number of pyridine rings is 1. The van der Waals surface area contributed by atoms with Crippen LogP contribution in [0.2, 0.25) is 5.02 Å². The van der Waals surface area contributed by atoms with E-state index in [9.17, 15) is 0 Å². The summed E-state index contributed by atoms with van der Waals surface area (Å²) in [5, 5.41) is 4.25. The highest BCUT2D eigenvalue weighted by Gasteiger charge is 2.13. The molecular weight excluding hydrogens is 236 g/mol. The van der Waals surface area contributed by atoms with Gasteiger partial charge in [-0.1, -0.05) is 18.5 Å². The summed E-state index contributed by atoms with van der Waals surface area (Å²) in [4.78, 5) is 4.02. The first-order valence-electron chi connectivity index (χ1n) is 6.11. The second-order valence-electron chi connectivity index (χ2n) is 4.04. The molecule has 1 rings (SSSR count). The van der Waals surface area contributed by atoms with Crippen LogP contribution in [-0.4, -0.2) is 25.2 Å². The Kier molecular flexibility index (Phi) is 7.17. The van der Waals surface area contributed by atoms with Crippen LogP contribution in [0.25, 0.3) is 0 Å². The molecule has 1 aromatic heterocycles. The third-order valence-electron chi connectivity index (χ3n) is 2.66. The van der Waals surface area contributed by atoms with E-state index in [0.29, 0.717) is 6.04 Å². The lowest BCUT2D eigenvalue weighted by Gasteiger charge is -2.19. The molecule has 0 aliphatic carbocycles. The summed E-state index contributed by atoms with van der Waals surface area (Å²) in [5.41, 5.74) is 1.13. The molecule has 1 unspecified atom stereocenters. The van der Waals surface area contributed by atoms with Crippen LogP contribution < -0.4 is 5.32 Å². The van der Waals surface area contributed by atoms with Crippen molar-refractivity contribution in [3.8, 4) is 0 Å². The van der Waals surface area contributed by atoms with Crippen LogP contribution in [0.4, 0.5) is 0 Å². The molecule has 1 N–H and O–H groups in total. The van der Waals surface area contributed by atoms with Crippen molar-refractivity contribution in [2.24, 2.45) is 0 Å². The van der Waals surface area contributed by atoms with Crippen LogP contribution in [0.1, 0.15) is 37.8 Å². The molecule has 0 saturated heterocycles. The summed E-state index contributed by atoms with van der Waals surface area (Å²) < 4.78 is 5.09. The van der Waals surface area contributed by atoms with E-state index in [4.69, 9.17) is 16.3 Å². The van der Waals surface area contributed by atoms with Crippen molar-refractivity contribution in [3.63, 3.8) is 0 Å². The van der Waals surface area contributed by atoms with E-state index in [1.54, 1.807) is 19.5 Å². The summed E-state index contributed by atoms with van der Waals surface area (Å²) >= 11 is 6.18. The fourth-order valence-electron chi connectivity index (χ4n) is 1.79. The van der Waals surface area contributed by atoms with E-state index in [1.165, 1.54) is 0 Å². The number of nitrogens with one attached hydrogen (secondary N) is 1. The fourth-order valence-corrected chi connectivity index (χ4v) is 2.04. The lowest BCUT2D eigenvalue weighted by Crippen LogP contribution is -2.22. The number of aromatic nitrogens is 1. The van der Waals surface area contributed by atoms with Gasteiger partial charge in [-0.25, -0.2) is 0 Å². The van der Waals surface area contributed by atoms with E-state index in [2.05, 4.69) is 17.2 Å². The topological polar surface area (TPSA) is 34.1 Å². The normalized spacial score (nSPS) is 12.6. The molecule has 3 nitrogen and oxygen atoms in total. The maximum Gasteiger partial charge on any atom is 0.0637 e. The Labute approximate surface area is 109 Å². The summed E-state index contributed by atoms with van der Waals surface area (Å²) in [6, 6.07) is 2.28. The highest BCUT2D eigenvalue weighted by Crippen LogP contribution is 2.25. The Morgan fingerprint density at radius 2 is 2.35 bits per heavy atom. The van der Waals surface area contributed by atoms with Crippen LogP contribution in [0.15, 0.2) is 18.5 Å². The first-order valence-corrected chi connectivity index (χ1v) is 6.49. The molecule has 0 aliphatic rings. The van der Waals surface area contributed by atoms with Gasteiger partial charge < -0.3 is 10.1 Å². The predicted octanol–water partition coefficient (Wildman–Crippen LogP) is 3.20. The largest absolute Gasteiger partial charge is 0.385 e. The minimum absolute atomic E-state index is 0.292. The molecule has 1 aromatic rings. The lowest BCUT2D eigenvalue weighted by molar-refractivity contribution is 0.188. The second kappa shape index (κ2) is 8.45. The molecule has 17 heavy (non-hydrogen) atoms. The Morgan fingerprint density at radius 1 is 1.53 bits per heavy atom. The number of hydrogen-bond acceptors (Lipinski definition) is 3. The second-order valence-corrected chi connectivity index (χ2v) is 4.45. The molecule has 0 spiro atoms. The number of nitrogens with zero attached hydrogens (tertiary/aromatic N) is 1. The number of methoxy groups -OCH3 is 1. The molecule has 1 heterocycles. The Balaban J connectivity index is 2.64. The quantitative estimate of drug-likeness (QED) is 0.726. The molecular formula is C13H21ClN2O. The van der Waals surface area contributed by atoms with Gasteiger partial charge in [0.1, 0.15) is 0 Å². The van der Waals surface area contributed by atoms with Gasteiger partial charge in [-0.15, -0.1) is 0 Å². The number of hydrogen-bond donors (Lipinski definition) is 1. The van der Waals surface area contributed by atoms with Gasteiger partial charge in [-0.3, -0.25) is 4.98 Å².